The molecule has 0 saturated carbocycles. The van der Waals surface area contributed by atoms with Crippen LogP contribution in [0, 0.1) is 6.92 Å². The third kappa shape index (κ3) is 4.51. The van der Waals surface area contributed by atoms with Gasteiger partial charge >= 0.3 is 0 Å². The van der Waals surface area contributed by atoms with Gasteiger partial charge in [0.25, 0.3) is 5.91 Å². The van der Waals surface area contributed by atoms with Gasteiger partial charge in [-0.15, -0.1) is 0 Å². The summed E-state index contributed by atoms with van der Waals surface area (Å²) in [7, 11) is 0. The highest BCUT2D eigenvalue weighted by molar-refractivity contribution is 5.91. The largest absolute Gasteiger partial charge is 0.545 e. The van der Waals surface area contributed by atoms with E-state index in [4.69, 9.17) is 4.42 Å². The van der Waals surface area contributed by atoms with Gasteiger partial charge in [-0.05, 0) is 47.4 Å². The Morgan fingerprint density at radius 3 is 2.12 bits per heavy atom. The number of nitrogens with zero attached hydrogens (tertiary/aromatic N) is 1. The Bertz CT molecular complexity index is 1300. The van der Waals surface area contributed by atoms with Crippen molar-refractivity contribution in [3.8, 4) is 11.3 Å². The third-order valence-electron chi connectivity index (χ3n) is 5.42. The molecule has 34 heavy (non-hydrogen) atoms. The molecule has 0 unspecified atom stereocenters. The molecule has 3 aromatic carbocycles. The number of aromatic carboxylic acids is 1. The molecule has 0 saturated heterocycles. The van der Waals surface area contributed by atoms with Crippen molar-refractivity contribution < 1.29 is 24.2 Å². The summed E-state index contributed by atoms with van der Waals surface area (Å²) in [4.78, 5) is 24.1. The van der Waals surface area contributed by atoms with Crippen LogP contribution in [0.3, 0.4) is 0 Å². The lowest BCUT2D eigenvalue weighted by Crippen LogP contribution is -2.43. The molecule has 4 aromatic rings. The van der Waals surface area contributed by atoms with Gasteiger partial charge in [0.2, 0.25) is 0 Å². The Kier molecular flexibility index (Phi) is 6.38. The Labute approximate surface area is 196 Å². The normalized spacial score (nSPS) is 11.5. The molecular formula is C27H21N2O5-. The van der Waals surface area contributed by atoms with E-state index in [1.54, 1.807) is 85.8 Å². The number of aryl methyl sites for hydroxylation is 1. The molecule has 0 fully saturated rings. The average molecular weight is 453 g/mol. The number of amides is 1. The average Bonchev–Trinajstić information content (AvgIpc) is 3.33. The van der Waals surface area contributed by atoms with Crippen LogP contribution in [0.25, 0.3) is 11.3 Å². The van der Waals surface area contributed by atoms with Crippen LogP contribution < -0.4 is 10.5 Å². The molecule has 2 N–H and O–H groups in total. The number of nitrogens with one attached hydrogen (secondary N) is 1. The van der Waals surface area contributed by atoms with Crippen molar-refractivity contribution >= 4 is 18.1 Å². The zero-order valence-electron chi connectivity index (χ0n) is 18.3. The molecule has 0 aliphatic carbocycles. The number of carboxylic acids is 1. The van der Waals surface area contributed by atoms with Gasteiger partial charge in [-0.1, -0.05) is 72.8 Å². The monoisotopic (exact) mass is 453 g/mol. The van der Waals surface area contributed by atoms with E-state index in [-0.39, 0.29) is 5.56 Å². The van der Waals surface area contributed by atoms with Crippen LogP contribution in [-0.2, 0) is 10.4 Å². The third-order valence-corrected chi connectivity index (χ3v) is 5.42. The van der Waals surface area contributed by atoms with E-state index >= 15 is 0 Å². The number of carbonyl (C=O) groups is 2. The molecule has 7 nitrogen and oxygen atoms in total. The van der Waals surface area contributed by atoms with E-state index in [0.29, 0.717) is 28.2 Å². The lowest BCUT2D eigenvalue weighted by atomic mass is 9.85. The summed E-state index contributed by atoms with van der Waals surface area (Å²) in [5, 5.41) is 26.4. The van der Waals surface area contributed by atoms with E-state index in [9.17, 15) is 19.8 Å². The molecule has 170 valence electrons. The lowest BCUT2D eigenvalue weighted by molar-refractivity contribution is -0.255. The first-order valence-corrected chi connectivity index (χ1v) is 10.5. The summed E-state index contributed by atoms with van der Waals surface area (Å²) in [6, 6.07) is 25.2. The second-order valence-electron chi connectivity index (χ2n) is 7.66. The van der Waals surface area contributed by atoms with E-state index < -0.39 is 17.5 Å². The predicted molar refractivity (Wildman–Crippen MR) is 125 cm³/mol. The van der Waals surface area contributed by atoms with Crippen molar-refractivity contribution in [3.63, 3.8) is 0 Å². The molecule has 0 bridgehead atoms. The van der Waals surface area contributed by atoms with E-state index in [1.807, 2.05) is 0 Å². The van der Waals surface area contributed by atoms with Crippen molar-refractivity contribution in [2.24, 2.45) is 5.10 Å². The van der Waals surface area contributed by atoms with E-state index in [2.05, 4.69) is 10.5 Å². The van der Waals surface area contributed by atoms with Gasteiger partial charge in [-0.25, -0.2) is 5.43 Å². The first-order chi connectivity index (χ1) is 16.4. The number of hydrogen-bond donors (Lipinski definition) is 2. The Morgan fingerprint density at radius 1 is 0.941 bits per heavy atom. The van der Waals surface area contributed by atoms with Gasteiger partial charge in [0.05, 0.1) is 12.2 Å². The molecule has 0 aliphatic rings. The highest BCUT2D eigenvalue weighted by Crippen LogP contribution is 2.30. The Balaban J connectivity index is 1.54. The molecule has 7 heteroatoms. The zero-order chi connectivity index (χ0) is 24.1. The molecule has 0 atom stereocenters. The molecular weight excluding hydrogens is 432 g/mol. The highest BCUT2D eigenvalue weighted by Gasteiger charge is 2.39. The van der Waals surface area contributed by atoms with Gasteiger partial charge in [0.15, 0.2) is 5.60 Å². The number of rotatable bonds is 7. The molecule has 1 heterocycles. The van der Waals surface area contributed by atoms with E-state index in [0.717, 1.165) is 5.56 Å². The summed E-state index contributed by atoms with van der Waals surface area (Å²) in [5.74, 6) is -1.09. The smallest absolute Gasteiger partial charge is 0.281 e. The summed E-state index contributed by atoms with van der Waals surface area (Å²) in [6.07, 6.45) is 1.32. The van der Waals surface area contributed by atoms with Gasteiger partial charge in [0.1, 0.15) is 11.5 Å². The molecule has 1 amide bonds. The first-order valence-electron chi connectivity index (χ1n) is 10.5. The Morgan fingerprint density at radius 2 is 1.56 bits per heavy atom. The maximum atomic E-state index is 13.1. The topological polar surface area (TPSA) is 115 Å². The van der Waals surface area contributed by atoms with Gasteiger partial charge < -0.3 is 19.4 Å². The molecule has 1 aromatic heterocycles. The molecule has 4 rings (SSSR count). The summed E-state index contributed by atoms with van der Waals surface area (Å²) in [5.41, 5.74) is 2.79. The maximum Gasteiger partial charge on any atom is 0.281 e. The van der Waals surface area contributed by atoms with Crippen LogP contribution in [0.15, 0.2) is 101 Å². The number of carboxylic acid groups (broad SMARTS) is 1. The van der Waals surface area contributed by atoms with Crippen LogP contribution in [0.4, 0.5) is 0 Å². The zero-order valence-corrected chi connectivity index (χ0v) is 18.3. The minimum Gasteiger partial charge on any atom is -0.545 e. The second kappa shape index (κ2) is 9.56. The van der Waals surface area contributed by atoms with Crippen LogP contribution in [-0.4, -0.2) is 23.2 Å². The number of furan rings is 1. The van der Waals surface area contributed by atoms with Crippen molar-refractivity contribution in [1.82, 2.24) is 5.43 Å². The van der Waals surface area contributed by atoms with Gasteiger partial charge in [-0.2, -0.15) is 5.10 Å². The van der Waals surface area contributed by atoms with Crippen molar-refractivity contribution in [2.75, 3.05) is 0 Å². The maximum absolute atomic E-state index is 13.1. The molecule has 0 radical (unpaired) electrons. The minimum absolute atomic E-state index is 0.0848. The van der Waals surface area contributed by atoms with Crippen LogP contribution >= 0.6 is 0 Å². The van der Waals surface area contributed by atoms with Gasteiger partial charge in [-0.3, -0.25) is 4.79 Å². The fourth-order valence-corrected chi connectivity index (χ4v) is 3.66. The Hall–Kier alpha value is -4.49. The SMILES string of the molecule is Cc1cc(C(=O)[O-])ccc1-c1ccc(/C=N\NC(=O)C(O)(c2ccccc2)c2ccccc2)o1. The van der Waals surface area contributed by atoms with Crippen molar-refractivity contribution in [1.29, 1.82) is 0 Å². The number of hydrogen-bond acceptors (Lipinski definition) is 6. The minimum atomic E-state index is -1.94. The number of carbonyl (C=O) groups excluding carboxylic acids is 2. The fourth-order valence-electron chi connectivity index (χ4n) is 3.66. The lowest BCUT2D eigenvalue weighted by Gasteiger charge is -2.26. The predicted octanol–water partition coefficient (Wildman–Crippen LogP) is 3.00. The number of benzene rings is 3. The first kappa shape index (κ1) is 22.7. The molecule has 0 spiro atoms. The fraction of sp³-hybridized carbons (Fsp3) is 0.0741. The van der Waals surface area contributed by atoms with Crippen molar-refractivity contribution in [3.05, 3.63) is 119 Å². The number of aliphatic hydroxyl groups is 1. The summed E-state index contributed by atoms with van der Waals surface area (Å²) < 4.78 is 5.76. The standard InChI is InChI=1S/C27H22N2O5/c1-18-16-19(25(30)31)12-14-23(18)24-15-13-22(34-24)17-28-29-26(32)27(33,20-8-4-2-5-9-20)21-10-6-3-7-11-21/h2-17,33H,1H3,(H,29,32)(H,30,31)/p-1/b28-17-. The quantitative estimate of drug-likeness (QED) is 0.330. The highest BCUT2D eigenvalue weighted by atomic mass is 16.4. The van der Waals surface area contributed by atoms with E-state index in [1.165, 1.54) is 18.3 Å². The van der Waals surface area contributed by atoms with Crippen LogP contribution in [0.2, 0.25) is 0 Å². The van der Waals surface area contributed by atoms with Crippen LogP contribution in [0.1, 0.15) is 32.8 Å². The molecule has 0 aliphatic heterocycles. The second-order valence-corrected chi connectivity index (χ2v) is 7.66. The van der Waals surface area contributed by atoms with Gasteiger partial charge in [0, 0.05) is 5.56 Å². The van der Waals surface area contributed by atoms with Crippen LogP contribution in [0.5, 0.6) is 0 Å². The summed E-state index contributed by atoms with van der Waals surface area (Å²) in [6.45, 7) is 1.77. The van der Waals surface area contributed by atoms with Crippen molar-refractivity contribution in [2.45, 2.75) is 12.5 Å². The summed E-state index contributed by atoms with van der Waals surface area (Å²) >= 11 is 0. The number of hydrazone groups is 1.